The predicted octanol–water partition coefficient (Wildman–Crippen LogP) is 4.68. The van der Waals surface area contributed by atoms with Gasteiger partial charge in [-0.1, -0.05) is 21.6 Å². The van der Waals surface area contributed by atoms with Crippen LogP contribution in [0.15, 0.2) is 22.4 Å². The Balaban J connectivity index is 1.67. The molecule has 0 saturated heterocycles. The van der Waals surface area contributed by atoms with Crippen molar-refractivity contribution in [1.29, 1.82) is 0 Å². The van der Waals surface area contributed by atoms with Crippen LogP contribution >= 0.6 is 43.2 Å². The van der Waals surface area contributed by atoms with Crippen molar-refractivity contribution in [2.75, 3.05) is 11.5 Å². The van der Waals surface area contributed by atoms with Crippen molar-refractivity contribution in [2.24, 2.45) is 0 Å². The molecule has 0 spiro atoms. The third-order valence-corrected chi connectivity index (χ3v) is 6.94. The molecule has 0 amide bonds. The molecule has 118 valence electrons. The molecule has 0 aliphatic carbocycles. The van der Waals surface area contributed by atoms with E-state index in [1.165, 1.54) is 0 Å². The van der Waals surface area contributed by atoms with E-state index in [0.29, 0.717) is 0 Å². The normalized spacial score (nSPS) is 10.9. The Labute approximate surface area is 147 Å². The highest BCUT2D eigenvalue weighted by molar-refractivity contribution is 8.78. The van der Waals surface area contributed by atoms with Crippen molar-refractivity contribution in [3.05, 3.63) is 34.9 Å². The lowest BCUT2D eigenvalue weighted by Crippen LogP contribution is -1.92. The molecule has 4 nitrogen and oxygen atoms in total. The molecule has 0 radical (unpaired) electrons. The average molecular weight is 371 g/mol. The molecule has 22 heavy (non-hydrogen) atoms. The molecule has 0 atom stereocenters. The number of nitrogens with zero attached hydrogens (tertiary/aromatic N) is 4. The van der Waals surface area contributed by atoms with Gasteiger partial charge in [-0.2, -0.15) is 0 Å². The van der Waals surface area contributed by atoms with Crippen LogP contribution in [0.25, 0.3) is 0 Å². The van der Waals surface area contributed by atoms with Gasteiger partial charge in [-0.25, -0.2) is 19.9 Å². The molecule has 0 aliphatic heterocycles. The van der Waals surface area contributed by atoms with E-state index in [1.54, 1.807) is 43.2 Å². The first kappa shape index (κ1) is 17.9. The fourth-order valence-electron chi connectivity index (χ4n) is 1.72. The summed E-state index contributed by atoms with van der Waals surface area (Å²) in [4.78, 5) is 17.7. The molecule has 2 heterocycles. The first-order valence-electron chi connectivity index (χ1n) is 6.76. The summed E-state index contributed by atoms with van der Waals surface area (Å²) in [7, 11) is 6.84. The van der Waals surface area contributed by atoms with Crippen LogP contribution in [0.3, 0.4) is 0 Å². The third-order valence-electron chi connectivity index (χ3n) is 2.44. The molecular weight excluding hydrogens is 352 g/mol. The van der Waals surface area contributed by atoms with Crippen LogP contribution in [0.2, 0.25) is 0 Å². The Kier molecular flexibility index (Phi) is 7.33. The Bertz CT molecular complexity index is 540. The highest BCUT2D eigenvalue weighted by Gasteiger charge is 2.03. The van der Waals surface area contributed by atoms with Gasteiger partial charge < -0.3 is 0 Å². The van der Waals surface area contributed by atoms with Gasteiger partial charge in [0.2, 0.25) is 0 Å². The fraction of sp³-hybridized carbons (Fsp3) is 0.429. The Morgan fingerprint density at radius 2 is 0.955 bits per heavy atom. The largest absolute Gasteiger partial charge is 0.227 e. The van der Waals surface area contributed by atoms with Crippen LogP contribution in [-0.2, 0) is 0 Å². The first-order valence-corrected chi connectivity index (χ1v) is 11.4. The topological polar surface area (TPSA) is 51.6 Å². The quantitative estimate of drug-likeness (QED) is 0.395. The predicted molar refractivity (Wildman–Crippen MR) is 99.6 cm³/mol. The molecule has 8 heteroatoms. The molecule has 0 unspecified atom stereocenters. The molecule has 0 bridgehead atoms. The van der Waals surface area contributed by atoms with E-state index >= 15 is 0 Å². The van der Waals surface area contributed by atoms with E-state index in [9.17, 15) is 0 Å². The van der Waals surface area contributed by atoms with Gasteiger partial charge >= 0.3 is 0 Å². The summed E-state index contributed by atoms with van der Waals surface area (Å²) in [5.74, 6) is 2.06. The molecule has 0 aliphatic rings. The lowest BCUT2D eigenvalue weighted by molar-refractivity contribution is 0.906. The van der Waals surface area contributed by atoms with Gasteiger partial charge in [-0.3, -0.25) is 0 Å². The van der Waals surface area contributed by atoms with E-state index in [2.05, 4.69) is 19.9 Å². The number of aromatic nitrogens is 4. The zero-order chi connectivity index (χ0) is 15.9. The standard InChI is InChI=1S/C14H18N4S4/c1-9-7-10(2)16-13(15-9)21-19-5-6-20-22-14-17-11(3)8-12(4)18-14/h7-8H,5-6H2,1-4H3. The van der Waals surface area contributed by atoms with Crippen LogP contribution in [0, 0.1) is 27.7 Å². The monoisotopic (exact) mass is 370 g/mol. The zero-order valence-corrected chi connectivity index (χ0v) is 16.3. The smallest absolute Gasteiger partial charge is 0.198 e. The van der Waals surface area contributed by atoms with Crippen LogP contribution in [0.5, 0.6) is 0 Å². The summed E-state index contributed by atoms with van der Waals surface area (Å²) in [5.41, 5.74) is 4.08. The Hall–Kier alpha value is -0.440. The number of rotatable bonds is 7. The van der Waals surface area contributed by atoms with E-state index in [0.717, 1.165) is 44.6 Å². The van der Waals surface area contributed by atoms with Crippen LogP contribution in [-0.4, -0.2) is 31.4 Å². The molecular formula is C14H18N4S4. The summed E-state index contributed by atoms with van der Waals surface area (Å²) in [5, 5.41) is 1.69. The molecule has 0 fully saturated rings. The van der Waals surface area contributed by atoms with Crippen molar-refractivity contribution in [2.45, 2.75) is 38.0 Å². The molecule has 0 N–H and O–H groups in total. The summed E-state index contributed by atoms with van der Waals surface area (Å²) in [6.45, 7) is 8.00. The minimum Gasteiger partial charge on any atom is -0.227 e. The molecule has 0 saturated carbocycles. The highest BCUT2D eigenvalue weighted by atomic mass is 33.1. The molecule has 2 rings (SSSR count). The summed E-state index contributed by atoms with van der Waals surface area (Å²) >= 11 is 0. The van der Waals surface area contributed by atoms with Crippen LogP contribution in [0.1, 0.15) is 22.8 Å². The van der Waals surface area contributed by atoms with Crippen molar-refractivity contribution < 1.29 is 0 Å². The van der Waals surface area contributed by atoms with Crippen LogP contribution < -0.4 is 0 Å². The second-order valence-corrected chi connectivity index (χ2v) is 9.44. The Morgan fingerprint density at radius 3 is 1.27 bits per heavy atom. The van der Waals surface area contributed by atoms with Gasteiger partial charge in [-0.05, 0) is 61.4 Å². The van der Waals surface area contributed by atoms with Gasteiger partial charge in [0.1, 0.15) is 0 Å². The second kappa shape index (κ2) is 9.00. The van der Waals surface area contributed by atoms with Crippen molar-refractivity contribution in [1.82, 2.24) is 19.9 Å². The maximum atomic E-state index is 4.42. The van der Waals surface area contributed by atoms with Crippen molar-refractivity contribution in [3.8, 4) is 0 Å². The zero-order valence-electron chi connectivity index (χ0n) is 13.0. The third kappa shape index (κ3) is 6.36. The van der Waals surface area contributed by atoms with Crippen LogP contribution in [0.4, 0.5) is 0 Å². The number of hydrogen-bond acceptors (Lipinski definition) is 8. The van der Waals surface area contributed by atoms with Gasteiger partial charge in [0.15, 0.2) is 10.3 Å². The van der Waals surface area contributed by atoms with E-state index in [1.807, 2.05) is 39.8 Å². The maximum absolute atomic E-state index is 4.42. The molecule has 0 aromatic carbocycles. The van der Waals surface area contributed by atoms with Gasteiger partial charge in [0, 0.05) is 34.3 Å². The van der Waals surface area contributed by atoms with Crippen molar-refractivity contribution >= 4 is 43.2 Å². The number of aryl methyl sites for hydroxylation is 4. The van der Waals surface area contributed by atoms with Gasteiger partial charge in [-0.15, -0.1) is 0 Å². The maximum Gasteiger partial charge on any atom is 0.198 e. The minimum absolute atomic E-state index is 0.845. The second-order valence-electron chi connectivity index (χ2n) is 4.68. The van der Waals surface area contributed by atoms with Crippen molar-refractivity contribution in [3.63, 3.8) is 0 Å². The van der Waals surface area contributed by atoms with Gasteiger partial charge in [0.25, 0.3) is 0 Å². The summed E-state index contributed by atoms with van der Waals surface area (Å²) < 4.78 is 0. The number of hydrogen-bond donors (Lipinski definition) is 0. The van der Waals surface area contributed by atoms with E-state index in [4.69, 9.17) is 0 Å². The Morgan fingerprint density at radius 1 is 0.636 bits per heavy atom. The highest BCUT2D eigenvalue weighted by Crippen LogP contribution is 2.33. The minimum atomic E-state index is 0.845. The fourth-order valence-corrected chi connectivity index (χ4v) is 6.17. The van der Waals surface area contributed by atoms with Gasteiger partial charge in [0.05, 0.1) is 0 Å². The summed E-state index contributed by atoms with van der Waals surface area (Å²) in [6, 6.07) is 3.98. The lowest BCUT2D eigenvalue weighted by atomic mass is 10.4. The SMILES string of the molecule is Cc1cc(C)nc(SSCCSSc2nc(C)cc(C)n2)n1. The van der Waals surface area contributed by atoms with E-state index in [-0.39, 0.29) is 0 Å². The average Bonchev–Trinajstić information content (AvgIpc) is 2.40. The molecule has 2 aromatic heterocycles. The first-order chi connectivity index (χ1) is 10.5. The van der Waals surface area contributed by atoms with E-state index < -0.39 is 0 Å². The molecule has 2 aromatic rings. The lowest BCUT2D eigenvalue weighted by Gasteiger charge is -2.03. The summed E-state index contributed by atoms with van der Waals surface area (Å²) in [6.07, 6.45) is 0.